The van der Waals surface area contributed by atoms with Crippen LogP contribution in [0.3, 0.4) is 0 Å². The summed E-state index contributed by atoms with van der Waals surface area (Å²) in [5.41, 5.74) is 1.35. The summed E-state index contributed by atoms with van der Waals surface area (Å²) in [5, 5.41) is 7.77. The number of methoxy groups -OCH3 is 2. The van der Waals surface area contributed by atoms with E-state index in [-0.39, 0.29) is 19.0 Å². The van der Waals surface area contributed by atoms with Gasteiger partial charge in [0, 0.05) is 0 Å². The van der Waals surface area contributed by atoms with Crippen molar-refractivity contribution < 1.29 is 19.1 Å². The molecule has 0 unspecified atom stereocenters. The second kappa shape index (κ2) is 6.62. The third-order valence-corrected chi connectivity index (χ3v) is 2.46. The zero-order chi connectivity index (χ0) is 14.4. The molecular weight excluding hydrogens is 252 g/mol. The first kappa shape index (κ1) is 14.8. The van der Waals surface area contributed by atoms with E-state index in [0.29, 0.717) is 11.4 Å². The molecule has 0 aliphatic carbocycles. The molecule has 0 amide bonds. The summed E-state index contributed by atoms with van der Waals surface area (Å²) in [6.45, 7) is 3.22. The maximum Gasteiger partial charge on any atom is 0.325 e. The van der Waals surface area contributed by atoms with E-state index in [1.807, 2.05) is 0 Å². The van der Waals surface area contributed by atoms with Crippen LogP contribution in [0.15, 0.2) is 0 Å². The molecule has 1 aromatic rings. The fraction of sp³-hybridized carbons (Fsp3) is 0.545. The van der Waals surface area contributed by atoms with E-state index < -0.39 is 11.9 Å². The highest BCUT2D eigenvalue weighted by Crippen LogP contribution is 2.08. The summed E-state index contributed by atoms with van der Waals surface area (Å²) in [6, 6.07) is 0. The molecule has 0 radical (unpaired) electrons. The van der Waals surface area contributed by atoms with Crippen LogP contribution in [0.4, 0.5) is 5.95 Å². The van der Waals surface area contributed by atoms with Crippen molar-refractivity contribution in [3.8, 4) is 0 Å². The van der Waals surface area contributed by atoms with Gasteiger partial charge in [-0.05, 0) is 13.8 Å². The number of hydrogen-bond donors (Lipinski definition) is 0. The molecule has 0 bridgehead atoms. The lowest BCUT2D eigenvalue weighted by Gasteiger charge is -2.19. The van der Waals surface area contributed by atoms with Gasteiger partial charge in [0.05, 0.1) is 25.6 Å². The molecule has 1 rings (SSSR count). The van der Waals surface area contributed by atoms with Gasteiger partial charge in [-0.15, -0.1) is 5.10 Å². The number of nitrogens with zero attached hydrogens (tertiary/aromatic N) is 4. The minimum atomic E-state index is -0.509. The molecule has 1 aromatic heterocycles. The minimum Gasteiger partial charge on any atom is -0.468 e. The Labute approximate surface area is 110 Å². The average Bonchev–Trinajstić information content (AvgIpc) is 2.40. The number of ether oxygens (including phenoxy) is 2. The Kier molecular flexibility index (Phi) is 5.16. The van der Waals surface area contributed by atoms with Crippen molar-refractivity contribution in [1.82, 2.24) is 15.2 Å². The van der Waals surface area contributed by atoms with E-state index in [9.17, 15) is 9.59 Å². The Morgan fingerprint density at radius 1 is 1.00 bits per heavy atom. The zero-order valence-electron chi connectivity index (χ0n) is 11.3. The highest BCUT2D eigenvalue weighted by molar-refractivity contribution is 5.80. The number of esters is 2. The average molecular weight is 268 g/mol. The van der Waals surface area contributed by atoms with Crippen LogP contribution in [-0.2, 0) is 19.1 Å². The van der Waals surface area contributed by atoms with Gasteiger partial charge in [0.2, 0.25) is 5.95 Å². The van der Waals surface area contributed by atoms with Crippen molar-refractivity contribution in [2.45, 2.75) is 13.8 Å². The van der Waals surface area contributed by atoms with Crippen molar-refractivity contribution in [2.24, 2.45) is 0 Å². The third-order valence-electron chi connectivity index (χ3n) is 2.46. The molecule has 0 fully saturated rings. The molecule has 0 saturated carbocycles. The second-order valence-corrected chi connectivity index (χ2v) is 3.79. The Hall–Kier alpha value is -2.25. The predicted octanol–water partition coefficient (Wildman–Crippen LogP) is -0.359. The summed E-state index contributed by atoms with van der Waals surface area (Å²) < 4.78 is 9.13. The predicted molar refractivity (Wildman–Crippen MR) is 65.5 cm³/mol. The van der Waals surface area contributed by atoms with Crippen molar-refractivity contribution in [3.63, 3.8) is 0 Å². The standard InChI is InChI=1S/C11H16N4O4/c1-7-8(2)13-14-11(12-7)15(5-9(16)18-3)6-10(17)19-4/h5-6H2,1-4H3. The normalized spacial score (nSPS) is 9.89. The van der Waals surface area contributed by atoms with Crippen molar-refractivity contribution >= 4 is 17.9 Å². The number of rotatable bonds is 5. The maximum atomic E-state index is 11.3. The van der Waals surface area contributed by atoms with Crippen molar-refractivity contribution in [3.05, 3.63) is 11.4 Å². The van der Waals surface area contributed by atoms with Crippen LogP contribution in [0.2, 0.25) is 0 Å². The summed E-state index contributed by atoms with van der Waals surface area (Å²) in [6.07, 6.45) is 0. The van der Waals surface area contributed by atoms with Crippen LogP contribution in [0.1, 0.15) is 11.4 Å². The lowest BCUT2D eigenvalue weighted by Crippen LogP contribution is -2.37. The second-order valence-electron chi connectivity index (χ2n) is 3.79. The molecule has 0 aliphatic heterocycles. The van der Waals surface area contributed by atoms with Gasteiger partial charge in [0.15, 0.2) is 0 Å². The molecule has 1 heterocycles. The van der Waals surface area contributed by atoms with Gasteiger partial charge in [-0.3, -0.25) is 9.59 Å². The van der Waals surface area contributed by atoms with Gasteiger partial charge in [-0.25, -0.2) is 4.98 Å². The smallest absolute Gasteiger partial charge is 0.325 e. The van der Waals surface area contributed by atoms with Crippen LogP contribution in [-0.4, -0.2) is 54.4 Å². The van der Waals surface area contributed by atoms with E-state index in [0.717, 1.165) is 0 Å². The van der Waals surface area contributed by atoms with Crippen LogP contribution in [0.5, 0.6) is 0 Å². The Morgan fingerprint density at radius 3 is 1.95 bits per heavy atom. The first-order valence-electron chi connectivity index (χ1n) is 5.54. The van der Waals surface area contributed by atoms with Gasteiger partial charge < -0.3 is 14.4 Å². The highest BCUT2D eigenvalue weighted by Gasteiger charge is 2.19. The lowest BCUT2D eigenvalue weighted by atomic mass is 10.4. The van der Waals surface area contributed by atoms with Gasteiger partial charge in [-0.2, -0.15) is 5.10 Å². The number of aromatic nitrogens is 3. The number of aryl methyl sites for hydroxylation is 2. The summed E-state index contributed by atoms with van der Waals surface area (Å²) in [7, 11) is 2.52. The van der Waals surface area contributed by atoms with Crippen molar-refractivity contribution in [2.75, 3.05) is 32.2 Å². The van der Waals surface area contributed by atoms with Gasteiger partial charge >= 0.3 is 11.9 Å². The fourth-order valence-corrected chi connectivity index (χ4v) is 1.22. The molecule has 0 saturated heterocycles. The van der Waals surface area contributed by atoms with Gasteiger partial charge in [0.1, 0.15) is 13.1 Å². The molecule has 8 heteroatoms. The summed E-state index contributed by atoms with van der Waals surface area (Å²) >= 11 is 0. The Balaban J connectivity index is 2.96. The van der Waals surface area contributed by atoms with E-state index in [1.54, 1.807) is 13.8 Å². The molecule has 0 aromatic carbocycles. The SMILES string of the molecule is COC(=O)CN(CC(=O)OC)c1nnc(C)c(C)n1. The van der Waals surface area contributed by atoms with Gasteiger partial charge in [-0.1, -0.05) is 0 Å². The van der Waals surface area contributed by atoms with E-state index >= 15 is 0 Å². The fourth-order valence-electron chi connectivity index (χ4n) is 1.22. The molecule has 0 spiro atoms. The van der Waals surface area contributed by atoms with Crippen LogP contribution < -0.4 is 4.90 Å². The summed E-state index contributed by atoms with van der Waals surface area (Å²) in [5.74, 6) is -0.838. The van der Waals surface area contributed by atoms with Crippen LogP contribution in [0, 0.1) is 13.8 Å². The highest BCUT2D eigenvalue weighted by atomic mass is 16.5. The van der Waals surface area contributed by atoms with E-state index in [2.05, 4.69) is 24.7 Å². The minimum absolute atomic E-state index is 0.157. The maximum absolute atomic E-state index is 11.3. The van der Waals surface area contributed by atoms with E-state index in [4.69, 9.17) is 0 Å². The quantitative estimate of drug-likeness (QED) is 0.668. The van der Waals surface area contributed by atoms with Crippen molar-refractivity contribution in [1.29, 1.82) is 0 Å². The van der Waals surface area contributed by atoms with E-state index in [1.165, 1.54) is 19.1 Å². The Bertz CT molecular complexity index is 460. The number of carbonyl (C=O) groups is 2. The third kappa shape index (κ3) is 4.16. The zero-order valence-corrected chi connectivity index (χ0v) is 11.3. The first-order chi connectivity index (χ1) is 8.97. The van der Waals surface area contributed by atoms with Gasteiger partial charge in [0.25, 0.3) is 0 Å². The monoisotopic (exact) mass is 268 g/mol. The van der Waals surface area contributed by atoms with Crippen LogP contribution >= 0.6 is 0 Å². The molecular formula is C11H16N4O4. The molecule has 0 N–H and O–H groups in total. The summed E-state index contributed by atoms with van der Waals surface area (Å²) in [4.78, 5) is 28.2. The molecule has 104 valence electrons. The molecule has 8 nitrogen and oxygen atoms in total. The number of anilines is 1. The molecule has 0 atom stereocenters. The largest absolute Gasteiger partial charge is 0.468 e. The first-order valence-corrected chi connectivity index (χ1v) is 5.54. The number of carbonyl (C=O) groups excluding carboxylic acids is 2. The lowest BCUT2D eigenvalue weighted by molar-refractivity contribution is -0.140. The molecule has 0 aliphatic rings. The topological polar surface area (TPSA) is 94.5 Å². The van der Waals surface area contributed by atoms with Crippen LogP contribution in [0.25, 0.3) is 0 Å². The Morgan fingerprint density at radius 2 is 1.53 bits per heavy atom. The number of hydrogen-bond acceptors (Lipinski definition) is 8. The molecule has 19 heavy (non-hydrogen) atoms.